The molecule has 1 unspecified atom stereocenters. The third-order valence-corrected chi connectivity index (χ3v) is 5.02. The van der Waals surface area contributed by atoms with Crippen molar-refractivity contribution in [1.29, 1.82) is 0 Å². The fourth-order valence-electron chi connectivity index (χ4n) is 1.63. The Kier molecular flexibility index (Phi) is 4.43. The van der Waals surface area contributed by atoms with E-state index in [-0.39, 0.29) is 6.04 Å². The summed E-state index contributed by atoms with van der Waals surface area (Å²) in [4.78, 5) is 5.58. The highest BCUT2D eigenvalue weighted by atomic mass is 127. The van der Waals surface area contributed by atoms with Gasteiger partial charge in [0.15, 0.2) is 0 Å². The topological polar surface area (TPSA) is 24.9 Å². The average Bonchev–Trinajstić information content (AvgIpc) is 2.70. The van der Waals surface area contributed by atoms with Gasteiger partial charge in [-0.15, -0.1) is 11.3 Å². The van der Waals surface area contributed by atoms with Crippen LogP contribution in [-0.4, -0.2) is 4.98 Å². The Morgan fingerprint density at radius 3 is 2.88 bits per heavy atom. The summed E-state index contributed by atoms with van der Waals surface area (Å²) in [6.45, 7) is 4.22. The van der Waals surface area contributed by atoms with E-state index < -0.39 is 0 Å². The highest BCUT2D eigenvalue weighted by Crippen LogP contribution is 2.29. The highest BCUT2D eigenvalue weighted by molar-refractivity contribution is 14.1. The maximum atomic E-state index is 4.29. The standard InChI is InChI=1S/C12H12BrIN2S/c1-7-12(17-6-15-7)8(2)16-11-5-9(13)3-4-10(11)14/h3-6,8,16H,1-2H3. The highest BCUT2D eigenvalue weighted by Gasteiger charge is 2.12. The van der Waals surface area contributed by atoms with Gasteiger partial charge in [0.05, 0.1) is 17.2 Å². The van der Waals surface area contributed by atoms with Crippen LogP contribution in [0.25, 0.3) is 0 Å². The van der Waals surface area contributed by atoms with E-state index in [2.05, 4.69) is 80.9 Å². The molecule has 0 saturated carbocycles. The second kappa shape index (κ2) is 5.67. The quantitative estimate of drug-likeness (QED) is 0.704. The Morgan fingerprint density at radius 2 is 2.24 bits per heavy atom. The SMILES string of the molecule is Cc1ncsc1C(C)Nc1cc(Br)ccc1I. The second-order valence-electron chi connectivity index (χ2n) is 3.79. The number of rotatable bonds is 3. The number of hydrogen-bond acceptors (Lipinski definition) is 3. The lowest BCUT2D eigenvalue weighted by Crippen LogP contribution is -2.07. The van der Waals surface area contributed by atoms with Crippen molar-refractivity contribution in [3.8, 4) is 0 Å². The van der Waals surface area contributed by atoms with Crippen molar-refractivity contribution in [1.82, 2.24) is 4.98 Å². The summed E-state index contributed by atoms with van der Waals surface area (Å²) in [5.41, 5.74) is 4.16. The van der Waals surface area contributed by atoms with Gasteiger partial charge < -0.3 is 5.32 Å². The molecule has 0 saturated heterocycles. The van der Waals surface area contributed by atoms with Crippen molar-refractivity contribution in [3.05, 3.63) is 42.3 Å². The van der Waals surface area contributed by atoms with Crippen molar-refractivity contribution in [2.45, 2.75) is 19.9 Å². The maximum Gasteiger partial charge on any atom is 0.0798 e. The largest absolute Gasteiger partial charge is 0.377 e. The average molecular weight is 423 g/mol. The van der Waals surface area contributed by atoms with Crippen LogP contribution < -0.4 is 5.32 Å². The molecule has 17 heavy (non-hydrogen) atoms. The van der Waals surface area contributed by atoms with Crippen LogP contribution in [0.3, 0.4) is 0 Å². The van der Waals surface area contributed by atoms with E-state index in [0.717, 1.165) is 15.9 Å². The van der Waals surface area contributed by atoms with Gasteiger partial charge >= 0.3 is 0 Å². The second-order valence-corrected chi connectivity index (χ2v) is 6.76. The molecular weight excluding hydrogens is 411 g/mol. The van der Waals surface area contributed by atoms with Gasteiger partial charge in [0.1, 0.15) is 0 Å². The Balaban J connectivity index is 2.21. The Hall–Kier alpha value is -0.140. The number of benzene rings is 1. The summed E-state index contributed by atoms with van der Waals surface area (Å²) in [5, 5.41) is 3.53. The summed E-state index contributed by atoms with van der Waals surface area (Å²) in [6.07, 6.45) is 0. The van der Waals surface area contributed by atoms with Gasteiger partial charge in [-0.1, -0.05) is 15.9 Å². The number of thiazole rings is 1. The molecule has 1 aromatic heterocycles. The summed E-state index contributed by atoms with van der Waals surface area (Å²) in [7, 11) is 0. The zero-order chi connectivity index (χ0) is 12.4. The van der Waals surface area contributed by atoms with Crippen molar-refractivity contribution < 1.29 is 0 Å². The number of aromatic nitrogens is 1. The molecule has 1 N–H and O–H groups in total. The van der Waals surface area contributed by atoms with Crippen molar-refractivity contribution in [2.75, 3.05) is 5.32 Å². The lowest BCUT2D eigenvalue weighted by Gasteiger charge is -2.16. The fraction of sp³-hybridized carbons (Fsp3) is 0.250. The van der Waals surface area contributed by atoms with Crippen molar-refractivity contribution in [2.24, 2.45) is 0 Å². The summed E-state index contributed by atoms with van der Waals surface area (Å²) in [6, 6.07) is 6.54. The molecule has 2 nitrogen and oxygen atoms in total. The van der Waals surface area contributed by atoms with Crippen molar-refractivity contribution >= 4 is 55.5 Å². The number of aryl methyl sites for hydroxylation is 1. The third kappa shape index (κ3) is 3.20. The van der Waals surface area contributed by atoms with Crippen LogP contribution >= 0.6 is 49.9 Å². The summed E-state index contributed by atoms with van der Waals surface area (Å²) in [5.74, 6) is 0. The Bertz CT molecular complexity index is 527. The van der Waals surface area contributed by atoms with E-state index >= 15 is 0 Å². The first-order valence-corrected chi connectivity index (χ1v) is 7.94. The molecule has 0 aliphatic rings. The van der Waals surface area contributed by atoms with E-state index in [1.807, 2.05) is 5.51 Å². The van der Waals surface area contributed by atoms with Gasteiger partial charge in [-0.2, -0.15) is 0 Å². The minimum atomic E-state index is 0.283. The number of nitrogens with zero attached hydrogens (tertiary/aromatic N) is 1. The van der Waals surface area contributed by atoms with Gasteiger partial charge in [-0.25, -0.2) is 4.98 Å². The first kappa shape index (κ1) is 13.3. The molecule has 0 radical (unpaired) electrons. The van der Waals surface area contributed by atoms with Crippen molar-refractivity contribution in [3.63, 3.8) is 0 Å². The molecule has 0 bridgehead atoms. The van der Waals surface area contributed by atoms with Crippen LogP contribution in [-0.2, 0) is 0 Å². The van der Waals surface area contributed by atoms with Gasteiger partial charge in [0, 0.05) is 18.6 Å². The molecule has 1 aromatic carbocycles. The minimum Gasteiger partial charge on any atom is -0.377 e. The Morgan fingerprint density at radius 1 is 1.47 bits per heavy atom. The summed E-state index contributed by atoms with van der Waals surface area (Å²) < 4.78 is 2.31. The molecule has 0 spiro atoms. The number of hydrogen-bond donors (Lipinski definition) is 1. The molecule has 2 aromatic rings. The maximum absolute atomic E-state index is 4.29. The van der Waals surface area contributed by atoms with Crippen LogP contribution in [0.1, 0.15) is 23.5 Å². The smallest absolute Gasteiger partial charge is 0.0798 e. The van der Waals surface area contributed by atoms with Crippen LogP contribution in [0.5, 0.6) is 0 Å². The fourth-order valence-corrected chi connectivity index (χ4v) is 3.30. The number of nitrogens with one attached hydrogen (secondary N) is 1. The molecule has 5 heteroatoms. The molecule has 0 aliphatic carbocycles. The van der Waals surface area contributed by atoms with Crippen LogP contribution in [0.4, 0.5) is 5.69 Å². The molecule has 0 aliphatic heterocycles. The van der Waals surface area contributed by atoms with E-state index in [1.165, 1.54) is 8.45 Å². The summed E-state index contributed by atoms with van der Waals surface area (Å²) >= 11 is 7.54. The van der Waals surface area contributed by atoms with Gasteiger partial charge in [-0.05, 0) is 54.6 Å². The van der Waals surface area contributed by atoms with Gasteiger partial charge in [0.25, 0.3) is 0 Å². The Labute approximate surface area is 127 Å². The first-order valence-electron chi connectivity index (χ1n) is 5.19. The number of halogens is 2. The molecule has 0 fully saturated rings. The normalized spacial score (nSPS) is 12.5. The predicted octanol–water partition coefficient (Wildman–Crippen LogP) is 4.99. The van der Waals surface area contributed by atoms with E-state index in [4.69, 9.17) is 0 Å². The molecule has 2 rings (SSSR count). The number of anilines is 1. The predicted molar refractivity (Wildman–Crippen MR) is 85.7 cm³/mol. The van der Waals surface area contributed by atoms with E-state index in [0.29, 0.717) is 0 Å². The van der Waals surface area contributed by atoms with E-state index in [1.54, 1.807) is 11.3 Å². The molecule has 1 heterocycles. The van der Waals surface area contributed by atoms with Crippen LogP contribution in [0.15, 0.2) is 28.2 Å². The lowest BCUT2D eigenvalue weighted by atomic mass is 10.2. The zero-order valence-electron chi connectivity index (χ0n) is 9.50. The van der Waals surface area contributed by atoms with Gasteiger partial charge in [0.2, 0.25) is 0 Å². The first-order chi connectivity index (χ1) is 8.08. The minimum absolute atomic E-state index is 0.283. The van der Waals surface area contributed by atoms with Crippen LogP contribution in [0.2, 0.25) is 0 Å². The van der Waals surface area contributed by atoms with Crippen LogP contribution in [0, 0.1) is 10.5 Å². The molecular formula is C12H12BrIN2S. The van der Waals surface area contributed by atoms with E-state index in [9.17, 15) is 0 Å². The molecule has 1 atom stereocenters. The third-order valence-electron chi connectivity index (χ3n) is 2.48. The molecule has 0 amide bonds. The zero-order valence-corrected chi connectivity index (χ0v) is 14.1. The molecule has 90 valence electrons. The van der Waals surface area contributed by atoms with Gasteiger partial charge in [-0.3, -0.25) is 0 Å². The lowest BCUT2D eigenvalue weighted by molar-refractivity contribution is 0.889. The monoisotopic (exact) mass is 422 g/mol.